The molecule has 0 saturated heterocycles. The largest absolute Gasteiger partial charge is 0.265 e. The summed E-state index contributed by atoms with van der Waals surface area (Å²) in [6.07, 6.45) is 1.68. The van der Waals surface area contributed by atoms with Gasteiger partial charge in [-0.15, -0.1) is 0 Å². The van der Waals surface area contributed by atoms with E-state index in [0.717, 1.165) is 16.7 Å². The number of hydrogen-bond acceptors (Lipinski definition) is 1. The maximum absolute atomic E-state index is 13.7. The molecule has 0 spiro atoms. The van der Waals surface area contributed by atoms with Gasteiger partial charge in [-0.05, 0) is 41.1 Å². The van der Waals surface area contributed by atoms with Crippen LogP contribution in [-0.2, 0) is 6.54 Å². The highest BCUT2D eigenvalue weighted by atomic mass is 79.9. The van der Waals surface area contributed by atoms with Crippen LogP contribution in [0.2, 0.25) is 0 Å². The van der Waals surface area contributed by atoms with E-state index in [1.54, 1.807) is 16.9 Å². The summed E-state index contributed by atoms with van der Waals surface area (Å²) < 4.78 is 16.2. The molecule has 0 radical (unpaired) electrons. The number of aromatic nitrogens is 2. The van der Waals surface area contributed by atoms with Gasteiger partial charge in [0.25, 0.3) is 0 Å². The first-order chi connectivity index (χ1) is 7.24. The van der Waals surface area contributed by atoms with E-state index in [4.69, 9.17) is 0 Å². The second-order valence-corrected chi connectivity index (χ2v) is 3.98. The predicted molar refractivity (Wildman–Crippen MR) is 61.0 cm³/mol. The molecule has 78 valence electrons. The fourth-order valence-corrected chi connectivity index (χ4v) is 2.08. The van der Waals surface area contributed by atoms with Gasteiger partial charge in [-0.2, -0.15) is 5.10 Å². The molecule has 0 atom stereocenters. The van der Waals surface area contributed by atoms with E-state index >= 15 is 0 Å². The van der Waals surface area contributed by atoms with Crippen LogP contribution in [0.25, 0.3) is 11.3 Å². The van der Waals surface area contributed by atoms with Crippen molar-refractivity contribution in [2.75, 3.05) is 0 Å². The van der Waals surface area contributed by atoms with Gasteiger partial charge in [0.2, 0.25) is 0 Å². The Bertz CT molecular complexity index is 459. The summed E-state index contributed by atoms with van der Waals surface area (Å²) in [5.74, 6) is -0.237. The molecule has 0 N–H and O–H groups in total. The quantitative estimate of drug-likeness (QED) is 0.816. The predicted octanol–water partition coefficient (Wildman–Crippen LogP) is 3.47. The van der Waals surface area contributed by atoms with Crippen molar-refractivity contribution < 1.29 is 4.39 Å². The molecule has 4 heteroatoms. The summed E-state index contributed by atoms with van der Waals surface area (Å²) in [5, 5.41) is 4.12. The lowest BCUT2D eigenvalue weighted by atomic mass is 10.1. The van der Waals surface area contributed by atoms with Gasteiger partial charge in [-0.1, -0.05) is 6.07 Å². The maximum Gasteiger partial charge on any atom is 0.133 e. The summed E-state index contributed by atoms with van der Waals surface area (Å²) in [6, 6.07) is 6.76. The van der Waals surface area contributed by atoms with Crippen LogP contribution in [0.1, 0.15) is 6.92 Å². The molecule has 0 saturated carbocycles. The Morgan fingerprint density at radius 2 is 2.20 bits per heavy atom. The van der Waals surface area contributed by atoms with Gasteiger partial charge in [-0.25, -0.2) is 4.39 Å². The number of benzene rings is 1. The van der Waals surface area contributed by atoms with Crippen molar-refractivity contribution in [1.82, 2.24) is 9.78 Å². The molecule has 1 aromatic heterocycles. The molecule has 2 rings (SSSR count). The van der Waals surface area contributed by atoms with E-state index in [0.29, 0.717) is 5.56 Å². The van der Waals surface area contributed by atoms with E-state index < -0.39 is 0 Å². The molecular weight excluding hydrogens is 259 g/mol. The van der Waals surface area contributed by atoms with E-state index in [2.05, 4.69) is 21.0 Å². The van der Waals surface area contributed by atoms with Crippen molar-refractivity contribution in [3.05, 3.63) is 40.8 Å². The van der Waals surface area contributed by atoms with Crippen molar-refractivity contribution in [3.8, 4) is 11.3 Å². The smallest absolute Gasteiger partial charge is 0.133 e. The van der Waals surface area contributed by atoms with Crippen LogP contribution in [-0.4, -0.2) is 9.78 Å². The summed E-state index contributed by atoms with van der Waals surface area (Å²) in [6.45, 7) is 2.70. The minimum absolute atomic E-state index is 0.237. The molecule has 0 fully saturated rings. The molecule has 2 nitrogen and oxygen atoms in total. The Morgan fingerprint density at radius 3 is 2.87 bits per heavy atom. The first kappa shape index (κ1) is 10.4. The number of rotatable bonds is 2. The van der Waals surface area contributed by atoms with Crippen LogP contribution in [0.3, 0.4) is 0 Å². The van der Waals surface area contributed by atoms with Gasteiger partial charge in [0.1, 0.15) is 5.82 Å². The van der Waals surface area contributed by atoms with Crippen LogP contribution in [0.15, 0.2) is 34.9 Å². The Kier molecular flexibility index (Phi) is 2.86. The topological polar surface area (TPSA) is 17.8 Å². The van der Waals surface area contributed by atoms with Crippen molar-refractivity contribution in [2.45, 2.75) is 13.5 Å². The van der Waals surface area contributed by atoms with Crippen LogP contribution >= 0.6 is 15.9 Å². The number of nitrogens with zero attached hydrogens (tertiary/aromatic N) is 2. The number of hydrogen-bond donors (Lipinski definition) is 0. The van der Waals surface area contributed by atoms with Gasteiger partial charge in [0.05, 0.1) is 5.69 Å². The first-order valence-electron chi connectivity index (χ1n) is 4.70. The second-order valence-electron chi connectivity index (χ2n) is 3.13. The zero-order valence-electron chi connectivity index (χ0n) is 8.24. The van der Waals surface area contributed by atoms with E-state index in [1.165, 1.54) is 6.07 Å². The van der Waals surface area contributed by atoms with E-state index in [9.17, 15) is 4.39 Å². The first-order valence-corrected chi connectivity index (χ1v) is 5.49. The summed E-state index contributed by atoms with van der Waals surface area (Å²) in [5.41, 5.74) is 1.36. The molecule has 0 unspecified atom stereocenters. The molecule has 1 aromatic carbocycles. The third-order valence-electron chi connectivity index (χ3n) is 2.23. The average molecular weight is 269 g/mol. The third-order valence-corrected chi connectivity index (χ3v) is 2.90. The molecule has 0 aliphatic carbocycles. The molecular formula is C11H10BrFN2. The minimum atomic E-state index is -0.237. The van der Waals surface area contributed by atoms with Crippen molar-refractivity contribution in [2.24, 2.45) is 0 Å². The highest BCUT2D eigenvalue weighted by Gasteiger charge is 2.12. The van der Waals surface area contributed by atoms with E-state index in [1.807, 2.05) is 19.1 Å². The molecule has 0 amide bonds. The van der Waals surface area contributed by atoms with Gasteiger partial charge in [0.15, 0.2) is 0 Å². The van der Waals surface area contributed by atoms with Crippen LogP contribution in [0, 0.1) is 5.82 Å². The summed E-state index contributed by atoms with van der Waals surface area (Å²) in [4.78, 5) is 0. The van der Waals surface area contributed by atoms with Crippen molar-refractivity contribution >= 4 is 15.9 Å². The third kappa shape index (κ3) is 1.81. The maximum atomic E-state index is 13.7. The molecule has 0 aliphatic rings. The number of halogens is 2. The zero-order valence-corrected chi connectivity index (χ0v) is 9.83. The SMILES string of the molecule is CCn1nccc1-c1c(F)cccc1Br. The fraction of sp³-hybridized carbons (Fsp3) is 0.182. The van der Waals surface area contributed by atoms with E-state index in [-0.39, 0.29) is 5.82 Å². The lowest BCUT2D eigenvalue weighted by Crippen LogP contribution is -2.00. The highest BCUT2D eigenvalue weighted by molar-refractivity contribution is 9.10. The average Bonchev–Trinajstić information content (AvgIpc) is 2.65. The standard InChI is InChI=1S/C11H10BrFN2/c1-2-15-10(6-7-14-15)11-8(12)4-3-5-9(11)13/h3-7H,2H2,1H3. The molecule has 0 bridgehead atoms. The van der Waals surface area contributed by atoms with Crippen molar-refractivity contribution in [3.63, 3.8) is 0 Å². The monoisotopic (exact) mass is 268 g/mol. The summed E-state index contributed by atoms with van der Waals surface area (Å²) in [7, 11) is 0. The second kappa shape index (κ2) is 4.14. The molecule has 1 heterocycles. The van der Waals surface area contributed by atoms with Gasteiger partial charge in [-0.3, -0.25) is 4.68 Å². The fourth-order valence-electron chi connectivity index (χ4n) is 1.54. The van der Waals surface area contributed by atoms with Crippen molar-refractivity contribution in [1.29, 1.82) is 0 Å². The van der Waals surface area contributed by atoms with Crippen LogP contribution in [0.4, 0.5) is 4.39 Å². The lowest BCUT2D eigenvalue weighted by molar-refractivity contribution is 0.620. The van der Waals surface area contributed by atoms with Gasteiger partial charge in [0, 0.05) is 22.8 Å². The Morgan fingerprint density at radius 1 is 1.40 bits per heavy atom. The Balaban J connectivity index is 2.63. The zero-order chi connectivity index (χ0) is 10.8. The minimum Gasteiger partial charge on any atom is -0.265 e. The Labute approximate surface area is 95.9 Å². The summed E-state index contributed by atoms with van der Waals surface area (Å²) >= 11 is 3.35. The van der Waals surface area contributed by atoms with Crippen LogP contribution in [0.5, 0.6) is 0 Å². The molecule has 2 aromatic rings. The molecule has 0 aliphatic heterocycles. The van der Waals surface area contributed by atoms with Crippen LogP contribution < -0.4 is 0 Å². The highest BCUT2D eigenvalue weighted by Crippen LogP contribution is 2.30. The lowest BCUT2D eigenvalue weighted by Gasteiger charge is -2.07. The normalized spacial score (nSPS) is 10.6. The number of aryl methyl sites for hydroxylation is 1. The Hall–Kier alpha value is -1.16. The van der Waals surface area contributed by atoms with Gasteiger partial charge < -0.3 is 0 Å². The van der Waals surface area contributed by atoms with Gasteiger partial charge >= 0.3 is 0 Å². The molecule has 15 heavy (non-hydrogen) atoms.